The third kappa shape index (κ3) is 3.88. The molecule has 0 saturated heterocycles. The molecule has 5 aromatic carbocycles. The van der Waals surface area contributed by atoms with Crippen molar-refractivity contribution in [2.24, 2.45) is 0 Å². The van der Waals surface area contributed by atoms with Crippen molar-refractivity contribution in [3.63, 3.8) is 0 Å². The van der Waals surface area contributed by atoms with Gasteiger partial charge in [-0.1, -0.05) is 98.8 Å². The summed E-state index contributed by atoms with van der Waals surface area (Å²) in [5.41, 5.74) is 14.6. The van der Waals surface area contributed by atoms with Crippen molar-refractivity contribution in [1.29, 1.82) is 0 Å². The zero-order valence-corrected chi connectivity index (χ0v) is 25.9. The van der Waals surface area contributed by atoms with Gasteiger partial charge in [0.15, 0.2) is 0 Å². The maximum absolute atomic E-state index is 6.29. The molecule has 0 radical (unpaired) electrons. The fourth-order valence-corrected chi connectivity index (χ4v) is 7.41. The summed E-state index contributed by atoms with van der Waals surface area (Å²) in [6.45, 7) is 4.50. The van der Waals surface area contributed by atoms with Gasteiger partial charge >= 0.3 is 0 Å². The summed E-state index contributed by atoms with van der Waals surface area (Å²) >= 11 is 0. The van der Waals surface area contributed by atoms with E-state index in [-0.39, 0.29) is 5.41 Å². The lowest BCUT2D eigenvalue weighted by atomic mass is 9.83. The van der Waals surface area contributed by atoms with Crippen LogP contribution >= 0.6 is 0 Å². The molecule has 0 atom stereocenters. The fourth-order valence-electron chi connectivity index (χ4n) is 7.41. The highest BCUT2D eigenvalue weighted by Crippen LogP contribution is 2.47. The normalized spacial score (nSPS) is 13.5. The van der Waals surface area contributed by atoms with E-state index < -0.39 is 0 Å². The van der Waals surface area contributed by atoms with Crippen LogP contribution < -0.4 is 0 Å². The van der Waals surface area contributed by atoms with Crippen LogP contribution in [0.1, 0.15) is 25.0 Å². The SMILES string of the molecule is CC1(C)c2cccnc2-c2nc(-c3ccc(-c4ccc(-c5ccc6oc7cc8c(cc7c6c5)oc5ccccc58)cc4)cc3)ccc21. The molecule has 0 fully saturated rings. The van der Waals surface area contributed by atoms with Gasteiger partial charge in [-0.15, -0.1) is 0 Å². The van der Waals surface area contributed by atoms with Crippen LogP contribution in [0, 0.1) is 0 Å². The number of para-hydroxylation sites is 1. The number of furan rings is 2. The van der Waals surface area contributed by atoms with Gasteiger partial charge in [0.1, 0.15) is 22.3 Å². The van der Waals surface area contributed by atoms with E-state index in [2.05, 4.69) is 122 Å². The highest BCUT2D eigenvalue weighted by Gasteiger charge is 2.37. The Morgan fingerprint density at radius 1 is 0.447 bits per heavy atom. The predicted molar refractivity (Wildman–Crippen MR) is 190 cm³/mol. The monoisotopic (exact) mass is 604 g/mol. The van der Waals surface area contributed by atoms with Crippen LogP contribution in [0.2, 0.25) is 0 Å². The molecule has 0 N–H and O–H groups in total. The zero-order valence-electron chi connectivity index (χ0n) is 25.9. The van der Waals surface area contributed by atoms with Crippen molar-refractivity contribution in [2.75, 3.05) is 0 Å². The highest BCUT2D eigenvalue weighted by molar-refractivity contribution is 6.15. The van der Waals surface area contributed by atoms with Gasteiger partial charge in [-0.25, -0.2) is 4.98 Å². The van der Waals surface area contributed by atoms with E-state index in [1.807, 2.05) is 30.5 Å². The largest absolute Gasteiger partial charge is 0.456 e. The molecule has 10 rings (SSSR count). The third-order valence-corrected chi connectivity index (χ3v) is 9.97. The molecule has 4 heteroatoms. The molecule has 0 amide bonds. The summed E-state index contributed by atoms with van der Waals surface area (Å²) in [6, 6.07) is 44.8. The van der Waals surface area contributed by atoms with Gasteiger partial charge in [0.2, 0.25) is 0 Å². The Bertz CT molecular complexity index is 2690. The second-order valence-corrected chi connectivity index (χ2v) is 13.0. The van der Waals surface area contributed by atoms with Gasteiger partial charge in [-0.3, -0.25) is 4.98 Å². The lowest BCUT2D eigenvalue weighted by Gasteiger charge is -2.20. The minimum Gasteiger partial charge on any atom is -0.456 e. The Balaban J connectivity index is 0.953. The van der Waals surface area contributed by atoms with Gasteiger partial charge < -0.3 is 8.83 Å². The van der Waals surface area contributed by atoms with E-state index in [4.69, 9.17) is 13.8 Å². The average Bonchev–Trinajstić information content (AvgIpc) is 3.74. The van der Waals surface area contributed by atoms with E-state index in [0.717, 1.165) is 77.6 Å². The molecule has 0 spiro atoms. The van der Waals surface area contributed by atoms with Gasteiger partial charge in [0.25, 0.3) is 0 Å². The van der Waals surface area contributed by atoms with Gasteiger partial charge in [0.05, 0.1) is 17.1 Å². The summed E-state index contributed by atoms with van der Waals surface area (Å²) in [5.74, 6) is 0. The minimum absolute atomic E-state index is 0.0965. The van der Waals surface area contributed by atoms with Crippen molar-refractivity contribution in [2.45, 2.75) is 19.3 Å². The molecule has 222 valence electrons. The number of rotatable bonds is 3. The van der Waals surface area contributed by atoms with Crippen LogP contribution in [0.4, 0.5) is 0 Å². The fraction of sp³-hybridized carbons (Fsp3) is 0.0698. The third-order valence-electron chi connectivity index (χ3n) is 9.97. The molecule has 47 heavy (non-hydrogen) atoms. The maximum atomic E-state index is 6.29. The highest BCUT2D eigenvalue weighted by atomic mass is 16.3. The van der Waals surface area contributed by atoms with Crippen molar-refractivity contribution < 1.29 is 8.83 Å². The molecular formula is C43H28N2O2. The molecule has 0 unspecified atom stereocenters. The lowest BCUT2D eigenvalue weighted by Crippen LogP contribution is -2.15. The van der Waals surface area contributed by atoms with Gasteiger partial charge in [-0.05, 0) is 75.8 Å². The number of benzene rings is 5. The molecule has 4 nitrogen and oxygen atoms in total. The summed E-state index contributed by atoms with van der Waals surface area (Å²) in [6.07, 6.45) is 1.86. The van der Waals surface area contributed by atoms with Crippen molar-refractivity contribution in [3.05, 3.63) is 145 Å². The van der Waals surface area contributed by atoms with E-state index in [1.54, 1.807) is 0 Å². The number of hydrogen-bond donors (Lipinski definition) is 0. The molecule has 1 aliphatic rings. The van der Waals surface area contributed by atoms with Crippen molar-refractivity contribution >= 4 is 43.9 Å². The first-order chi connectivity index (χ1) is 23.0. The summed E-state index contributed by atoms with van der Waals surface area (Å²) < 4.78 is 12.5. The number of nitrogens with zero attached hydrogens (tertiary/aromatic N) is 2. The molecule has 0 bridgehead atoms. The Morgan fingerprint density at radius 3 is 1.77 bits per heavy atom. The molecule has 0 saturated carbocycles. The maximum Gasteiger partial charge on any atom is 0.136 e. The Morgan fingerprint density at radius 2 is 1.02 bits per heavy atom. The molecule has 0 aliphatic heterocycles. The number of pyridine rings is 2. The smallest absolute Gasteiger partial charge is 0.136 e. The summed E-state index contributed by atoms with van der Waals surface area (Å²) in [7, 11) is 0. The van der Waals surface area contributed by atoms with Crippen LogP contribution in [0.15, 0.2) is 142 Å². The van der Waals surface area contributed by atoms with E-state index >= 15 is 0 Å². The van der Waals surface area contributed by atoms with Gasteiger partial charge in [-0.2, -0.15) is 0 Å². The topological polar surface area (TPSA) is 52.1 Å². The first-order valence-corrected chi connectivity index (χ1v) is 16.0. The minimum atomic E-state index is -0.0965. The number of aromatic nitrogens is 2. The molecule has 4 heterocycles. The van der Waals surface area contributed by atoms with Crippen LogP contribution in [0.5, 0.6) is 0 Å². The van der Waals surface area contributed by atoms with Gasteiger partial charge in [0, 0.05) is 38.7 Å². The van der Waals surface area contributed by atoms with Crippen LogP contribution in [-0.4, -0.2) is 9.97 Å². The van der Waals surface area contributed by atoms with Crippen LogP contribution in [-0.2, 0) is 5.41 Å². The summed E-state index contributed by atoms with van der Waals surface area (Å²) in [4.78, 5) is 9.78. The molecule has 1 aliphatic carbocycles. The lowest BCUT2D eigenvalue weighted by molar-refractivity contribution is 0.658. The Kier molecular flexibility index (Phi) is 5.31. The van der Waals surface area contributed by atoms with E-state index in [9.17, 15) is 0 Å². The quantitative estimate of drug-likeness (QED) is 0.201. The first-order valence-electron chi connectivity index (χ1n) is 16.0. The van der Waals surface area contributed by atoms with Crippen LogP contribution in [0.25, 0.3) is 88.8 Å². The van der Waals surface area contributed by atoms with Crippen molar-refractivity contribution in [3.8, 4) is 44.9 Å². The molecule has 9 aromatic rings. The molecule has 4 aromatic heterocycles. The Labute approximate surface area is 271 Å². The average molecular weight is 605 g/mol. The number of fused-ring (bicyclic) bond motifs is 9. The van der Waals surface area contributed by atoms with Crippen LogP contribution in [0.3, 0.4) is 0 Å². The standard InChI is InChI=1S/C43H28N2O2/c1-43(2)34-7-5-21-44-41(34)42-35(43)18-19-36(45-42)28-15-13-26(14-16-28)25-9-11-27(12-10-25)29-17-20-38-31(22-29)33-24-39-32(23-40(33)47-38)30-6-3-4-8-37(30)46-39/h3-24H,1-2H3. The first kappa shape index (κ1) is 26.2. The predicted octanol–water partition coefficient (Wildman–Crippen LogP) is 11.6. The Hall–Kier alpha value is -6.00. The number of hydrogen-bond acceptors (Lipinski definition) is 4. The van der Waals surface area contributed by atoms with E-state index in [0.29, 0.717) is 0 Å². The molecular weight excluding hydrogens is 576 g/mol. The second-order valence-electron chi connectivity index (χ2n) is 13.0. The zero-order chi connectivity index (χ0) is 31.3. The van der Waals surface area contributed by atoms with E-state index in [1.165, 1.54) is 22.3 Å². The van der Waals surface area contributed by atoms with Crippen molar-refractivity contribution in [1.82, 2.24) is 9.97 Å². The second kappa shape index (κ2) is 9.51. The summed E-state index contributed by atoms with van der Waals surface area (Å²) in [5, 5.41) is 4.33.